The number of benzene rings is 1. The first-order chi connectivity index (χ1) is 10.7. The van der Waals surface area contributed by atoms with Crippen LogP contribution in [0.5, 0.6) is 0 Å². The average molecular weight is 327 g/mol. The number of nitrogens with zero attached hydrogens (tertiary/aromatic N) is 1. The van der Waals surface area contributed by atoms with Gasteiger partial charge in [-0.1, -0.05) is 18.6 Å². The number of likely N-dealkylation sites (tertiary alicyclic amines) is 1. The summed E-state index contributed by atoms with van der Waals surface area (Å²) in [6.45, 7) is 3.11. The van der Waals surface area contributed by atoms with Gasteiger partial charge < -0.3 is 5.11 Å². The van der Waals surface area contributed by atoms with Crippen LogP contribution in [0.3, 0.4) is 0 Å². The molecule has 3 atom stereocenters. The first-order valence-electron chi connectivity index (χ1n) is 7.89. The van der Waals surface area contributed by atoms with Crippen LogP contribution in [0.2, 0.25) is 0 Å². The van der Waals surface area contributed by atoms with Crippen LogP contribution in [0, 0.1) is 11.3 Å². The molecule has 3 nitrogen and oxygen atoms in total. The van der Waals surface area contributed by atoms with E-state index in [1.165, 1.54) is 12.1 Å². The second-order valence-electron chi connectivity index (χ2n) is 6.78. The summed E-state index contributed by atoms with van der Waals surface area (Å²) in [5, 5.41) is 9.62. The highest BCUT2D eigenvalue weighted by molar-refractivity contribution is 5.76. The molecule has 1 saturated carbocycles. The van der Waals surface area contributed by atoms with Crippen molar-refractivity contribution in [3.63, 3.8) is 0 Å². The fourth-order valence-corrected chi connectivity index (χ4v) is 4.13. The molecular formula is C17H20F3NO2. The lowest BCUT2D eigenvalue weighted by Crippen LogP contribution is -2.36. The van der Waals surface area contributed by atoms with Crippen molar-refractivity contribution < 1.29 is 23.1 Å². The van der Waals surface area contributed by atoms with Gasteiger partial charge in [-0.25, -0.2) is 0 Å². The molecule has 1 heterocycles. The molecule has 0 bridgehead atoms. The fraction of sp³-hybridized carbons (Fsp3) is 0.588. The molecule has 1 aliphatic heterocycles. The number of rotatable bonds is 3. The molecule has 3 rings (SSSR count). The largest absolute Gasteiger partial charge is 0.481 e. The Labute approximate surface area is 133 Å². The second-order valence-corrected chi connectivity index (χ2v) is 6.78. The van der Waals surface area contributed by atoms with Gasteiger partial charge in [0.15, 0.2) is 0 Å². The Hall–Kier alpha value is -1.56. The summed E-state index contributed by atoms with van der Waals surface area (Å²) < 4.78 is 37.9. The Balaban J connectivity index is 1.77. The Morgan fingerprint density at radius 1 is 1.35 bits per heavy atom. The van der Waals surface area contributed by atoms with Crippen molar-refractivity contribution in [3.8, 4) is 0 Å². The van der Waals surface area contributed by atoms with Crippen LogP contribution in [0.1, 0.15) is 43.4 Å². The molecule has 1 aliphatic carbocycles. The number of hydrogen-bond acceptors (Lipinski definition) is 2. The Morgan fingerprint density at radius 2 is 2.00 bits per heavy atom. The van der Waals surface area contributed by atoms with Crippen LogP contribution >= 0.6 is 0 Å². The van der Waals surface area contributed by atoms with Gasteiger partial charge in [0.05, 0.1) is 11.0 Å². The molecule has 1 aromatic carbocycles. The third-order valence-electron chi connectivity index (χ3n) is 5.59. The monoisotopic (exact) mass is 327 g/mol. The highest BCUT2D eigenvalue weighted by atomic mass is 19.4. The number of carboxylic acids is 1. The zero-order valence-electron chi connectivity index (χ0n) is 12.9. The lowest BCUT2D eigenvalue weighted by atomic mass is 9.81. The van der Waals surface area contributed by atoms with Crippen LogP contribution in [0.15, 0.2) is 24.3 Å². The van der Waals surface area contributed by atoms with Gasteiger partial charge in [0.2, 0.25) is 0 Å². The molecule has 0 spiro atoms. The van der Waals surface area contributed by atoms with E-state index in [2.05, 4.69) is 4.90 Å². The number of hydrogen-bond donors (Lipinski definition) is 1. The van der Waals surface area contributed by atoms with E-state index in [0.717, 1.165) is 30.5 Å². The van der Waals surface area contributed by atoms with Gasteiger partial charge >= 0.3 is 12.1 Å². The third kappa shape index (κ3) is 2.73. The molecule has 2 aliphatic rings. The predicted molar refractivity (Wildman–Crippen MR) is 78.8 cm³/mol. The van der Waals surface area contributed by atoms with Gasteiger partial charge in [-0.3, -0.25) is 9.69 Å². The first kappa shape index (κ1) is 16.3. The van der Waals surface area contributed by atoms with Crippen molar-refractivity contribution in [1.82, 2.24) is 4.90 Å². The van der Waals surface area contributed by atoms with Gasteiger partial charge in [-0.05, 0) is 43.4 Å². The molecule has 126 valence electrons. The summed E-state index contributed by atoms with van der Waals surface area (Å²) in [5.41, 5.74) is -0.535. The van der Waals surface area contributed by atoms with Crippen LogP contribution in [-0.2, 0) is 11.0 Å². The zero-order valence-corrected chi connectivity index (χ0v) is 12.9. The average Bonchev–Trinajstić information content (AvgIpc) is 3.03. The molecular weight excluding hydrogens is 307 g/mol. The van der Waals surface area contributed by atoms with E-state index in [1.54, 1.807) is 0 Å². The number of carbonyl (C=O) groups is 1. The quantitative estimate of drug-likeness (QED) is 0.914. The van der Waals surface area contributed by atoms with Crippen molar-refractivity contribution in [2.45, 2.75) is 38.4 Å². The molecule has 1 unspecified atom stereocenters. The maximum Gasteiger partial charge on any atom is 0.416 e. The van der Waals surface area contributed by atoms with Gasteiger partial charge in [0, 0.05) is 19.1 Å². The fourth-order valence-electron chi connectivity index (χ4n) is 4.13. The standard InChI is InChI=1S/C17H20F3NO2/c1-11(12-4-6-13(7-5-12)17(18,19)20)21-9-14-3-2-8-16(14,10-21)15(22)23/h4-7,11,14H,2-3,8-10H2,1H3,(H,22,23)/t11?,14-,16+/m0/s1. The molecule has 1 saturated heterocycles. The predicted octanol–water partition coefficient (Wildman–Crippen LogP) is 3.95. The number of halogens is 3. The SMILES string of the molecule is CC(c1ccc(C(F)(F)F)cc1)N1C[C@@H]2CCC[C@@]2(C(=O)O)C1. The third-order valence-corrected chi connectivity index (χ3v) is 5.59. The maximum atomic E-state index is 12.6. The highest BCUT2D eigenvalue weighted by Gasteiger charge is 2.55. The summed E-state index contributed by atoms with van der Waals surface area (Å²) in [6.07, 6.45) is -1.77. The van der Waals surface area contributed by atoms with Crippen LogP contribution < -0.4 is 0 Å². The minimum absolute atomic E-state index is 0.0842. The Bertz CT molecular complexity index is 599. The summed E-state index contributed by atoms with van der Waals surface area (Å²) >= 11 is 0. The molecule has 0 aromatic heterocycles. The molecule has 0 radical (unpaired) electrons. The zero-order chi connectivity index (χ0) is 16.8. The van der Waals surface area contributed by atoms with Crippen molar-refractivity contribution in [3.05, 3.63) is 35.4 Å². The molecule has 0 amide bonds. The maximum absolute atomic E-state index is 12.6. The minimum atomic E-state index is -4.33. The smallest absolute Gasteiger partial charge is 0.416 e. The molecule has 2 fully saturated rings. The van der Waals surface area contributed by atoms with Crippen molar-refractivity contribution in [2.75, 3.05) is 13.1 Å². The lowest BCUT2D eigenvalue weighted by molar-refractivity contribution is -0.149. The van der Waals surface area contributed by atoms with E-state index >= 15 is 0 Å². The first-order valence-corrected chi connectivity index (χ1v) is 7.89. The van der Waals surface area contributed by atoms with Gasteiger partial charge in [0.1, 0.15) is 0 Å². The molecule has 1 N–H and O–H groups in total. The van der Waals surface area contributed by atoms with E-state index < -0.39 is 23.1 Å². The topological polar surface area (TPSA) is 40.5 Å². The number of aliphatic carboxylic acids is 1. The van der Waals surface area contributed by atoms with E-state index in [-0.39, 0.29) is 12.0 Å². The summed E-state index contributed by atoms with van der Waals surface area (Å²) in [6, 6.07) is 5.09. The second kappa shape index (κ2) is 5.51. The van der Waals surface area contributed by atoms with Crippen LogP contribution in [-0.4, -0.2) is 29.1 Å². The van der Waals surface area contributed by atoms with Gasteiger partial charge in [0.25, 0.3) is 0 Å². The van der Waals surface area contributed by atoms with Crippen LogP contribution in [0.25, 0.3) is 0 Å². The van der Waals surface area contributed by atoms with Crippen molar-refractivity contribution in [1.29, 1.82) is 0 Å². The van der Waals surface area contributed by atoms with E-state index in [4.69, 9.17) is 0 Å². The Morgan fingerprint density at radius 3 is 2.52 bits per heavy atom. The molecule has 1 aromatic rings. The number of carboxylic acid groups (broad SMARTS) is 1. The van der Waals surface area contributed by atoms with Crippen LogP contribution in [0.4, 0.5) is 13.2 Å². The molecule has 6 heteroatoms. The van der Waals surface area contributed by atoms with Gasteiger partial charge in [-0.2, -0.15) is 13.2 Å². The van der Waals surface area contributed by atoms with E-state index in [0.29, 0.717) is 19.5 Å². The van der Waals surface area contributed by atoms with Crippen molar-refractivity contribution >= 4 is 5.97 Å². The molecule has 23 heavy (non-hydrogen) atoms. The normalized spacial score (nSPS) is 29.5. The summed E-state index contributed by atoms with van der Waals surface area (Å²) in [4.78, 5) is 13.8. The van der Waals surface area contributed by atoms with Crippen molar-refractivity contribution in [2.24, 2.45) is 11.3 Å². The Kier molecular flexibility index (Phi) is 3.91. The number of alkyl halides is 3. The summed E-state index contributed by atoms with van der Waals surface area (Å²) in [5.74, 6) is -0.584. The summed E-state index contributed by atoms with van der Waals surface area (Å²) in [7, 11) is 0. The lowest BCUT2D eigenvalue weighted by Gasteiger charge is -2.27. The number of fused-ring (bicyclic) bond motifs is 1. The van der Waals surface area contributed by atoms with Gasteiger partial charge in [-0.15, -0.1) is 0 Å². The van der Waals surface area contributed by atoms with E-state index in [1.807, 2.05) is 6.92 Å². The highest BCUT2D eigenvalue weighted by Crippen LogP contribution is 2.50. The van der Waals surface area contributed by atoms with E-state index in [9.17, 15) is 23.1 Å². The minimum Gasteiger partial charge on any atom is -0.481 e.